The number of hydrogen-bond acceptors (Lipinski definition) is 5. The van der Waals surface area contributed by atoms with Gasteiger partial charge in [0.05, 0.1) is 20.0 Å². The Hall–Kier alpha value is -2.96. The zero-order chi connectivity index (χ0) is 19.2. The first kappa shape index (κ1) is 18.8. The minimum absolute atomic E-state index is 0.0238. The maximum atomic E-state index is 12.5. The lowest BCUT2D eigenvalue weighted by molar-refractivity contribution is 0.0667. The topological polar surface area (TPSA) is 81.0 Å². The molecule has 3 rings (SSSR count). The van der Waals surface area contributed by atoms with E-state index in [9.17, 15) is 9.59 Å². The van der Waals surface area contributed by atoms with Gasteiger partial charge in [0, 0.05) is 24.7 Å². The highest BCUT2D eigenvalue weighted by atomic mass is 16.5. The maximum Gasteiger partial charge on any atom is 0.289 e. The summed E-state index contributed by atoms with van der Waals surface area (Å²) in [6.07, 6.45) is 2.89. The van der Waals surface area contributed by atoms with Crippen molar-refractivity contribution in [2.24, 2.45) is 0 Å². The average Bonchev–Trinajstić information content (AvgIpc) is 3.23. The Kier molecular flexibility index (Phi) is 6.01. The van der Waals surface area contributed by atoms with E-state index in [4.69, 9.17) is 13.9 Å². The van der Waals surface area contributed by atoms with E-state index in [0.717, 1.165) is 0 Å². The standard InChI is InChI=1S/C20H24N2O5/c1-3-26-16-7-6-14(13-18(16)25-2)19(23)21-15-8-10-22(11-9-15)20(24)17-5-4-12-27-17/h4-7,12-13,15H,3,8-11H2,1-2H3,(H,21,23). The molecule has 1 saturated heterocycles. The first-order valence-electron chi connectivity index (χ1n) is 9.06. The summed E-state index contributed by atoms with van der Waals surface area (Å²) in [5.41, 5.74) is 0.518. The predicted octanol–water partition coefficient (Wildman–Crippen LogP) is 2.72. The maximum absolute atomic E-state index is 12.5. The Morgan fingerprint density at radius 3 is 2.63 bits per heavy atom. The molecule has 0 radical (unpaired) electrons. The zero-order valence-corrected chi connectivity index (χ0v) is 15.6. The van der Waals surface area contributed by atoms with Gasteiger partial charge in [-0.3, -0.25) is 9.59 Å². The van der Waals surface area contributed by atoms with Crippen molar-refractivity contribution in [1.29, 1.82) is 0 Å². The Bertz CT molecular complexity index is 780. The molecule has 7 nitrogen and oxygen atoms in total. The molecule has 1 fully saturated rings. The summed E-state index contributed by atoms with van der Waals surface area (Å²) >= 11 is 0. The van der Waals surface area contributed by atoms with Crippen molar-refractivity contribution in [1.82, 2.24) is 10.2 Å². The molecule has 0 atom stereocenters. The Labute approximate surface area is 158 Å². The van der Waals surface area contributed by atoms with Crippen LogP contribution in [0.5, 0.6) is 11.5 Å². The molecule has 1 N–H and O–H groups in total. The van der Waals surface area contributed by atoms with Crippen molar-refractivity contribution < 1.29 is 23.5 Å². The van der Waals surface area contributed by atoms with Crippen LogP contribution in [0.3, 0.4) is 0 Å². The van der Waals surface area contributed by atoms with Crippen LogP contribution in [0.15, 0.2) is 41.0 Å². The third kappa shape index (κ3) is 4.42. The Morgan fingerprint density at radius 2 is 2.00 bits per heavy atom. The van der Waals surface area contributed by atoms with Crippen LogP contribution in [-0.4, -0.2) is 49.6 Å². The molecule has 2 heterocycles. The summed E-state index contributed by atoms with van der Waals surface area (Å²) in [6, 6.07) is 8.52. The molecule has 144 valence electrons. The van der Waals surface area contributed by atoms with Crippen LogP contribution in [-0.2, 0) is 0 Å². The van der Waals surface area contributed by atoms with Gasteiger partial charge in [-0.1, -0.05) is 0 Å². The van der Waals surface area contributed by atoms with E-state index in [1.54, 1.807) is 42.3 Å². The van der Waals surface area contributed by atoms with Crippen LogP contribution in [0.1, 0.15) is 40.7 Å². The van der Waals surface area contributed by atoms with Crippen LogP contribution >= 0.6 is 0 Å². The normalized spacial score (nSPS) is 14.7. The van der Waals surface area contributed by atoms with Gasteiger partial charge in [-0.05, 0) is 50.1 Å². The molecule has 0 bridgehead atoms. The van der Waals surface area contributed by atoms with E-state index in [-0.39, 0.29) is 17.9 Å². The summed E-state index contributed by atoms with van der Waals surface area (Å²) < 4.78 is 15.9. The average molecular weight is 372 g/mol. The van der Waals surface area contributed by atoms with E-state index >= 15 is 0 Å². The van der Waals surface area contributed by atoms with E-state index in [1.807, 2.05) is 6.92 Å². The number of carbonyl (C=O) groups is 2. The third-order valence-electron chi connectivity index (χ3n) is 4.58. The molecule has 0 unspecified atom stereocenters. The fourth-order valence-electron chi connectivity index (χ4n) is 3.14. The lowest BCUT2D eigenvalue weighted by Crippen LogP contribution is -2.46. The quantitative estimate of drug-likeness (QED) is 0.843. The van der Waals surface area contributed by atoms with Crippen molar-refractivity contribution in [2.75, 3.05) is 26.8 Å². The molecule has 1 aromatic heterocycles. The SMILES string of the molecule is CCOc1ccc(C(=O)NC2CCN(C(=O)c3ccco3)CC2)cc1OC. The second kappa shape index (κ2) is 8.62. The smallest absolute Gasteiger partial charge is 0.289 e. The number of rotatable bonds is 6. The van der Waals surface area contributed by atoms with E-state index < -0.39 is 0 Å². The van der Waals surface area contributed by atoms with Gasteiger partial charge in [0.1, 0.15) is 0 Å². The van der Waals surface area contributed by atoms with Crippen molar-refractivity contribution in [3.63, 3.8) is 0 Å². The number of likely N-dealkylation sites (tertiary alicyclic amines) is 1. The van der Waals surface area contributed by atoms with Gasteiger partial charge < -0.3 is 24.1 Å². The number of ether oxygens (including phenoxy) is 2. The first-order chi connectivity index (χ1) is 13.1. The van der Waals surface area contributed by atoms with Crippen molar-refractivity contribution >= 4 is 11.8 Å². The number of benzene rings is 1. The number of methoxy groups -OCH3 is 1. The molecule has 1 aliphatic heterocycles. The van der Waals surface area contributed by atoms with E-state index in [0.29, 0.717) is 55.4 Å². The van der Waals surface area contributed by atoms with Crippen molar-refractivity contribution in [2.45, 2.75) is 25.8 Å². The number of piperidine rings is 1. The lowest BCUT2D eigenvalue weighted by Gasteiger charge is -2.31. The first-order valence-corrected chi connectivity index (χ1v) is 9.06. The highest BCUT2D eigenvalue weighted by molar-refractivity contribution is 5.95. The molecule has 0 saturated carbocycles. The molecule has 1 aliphatic rings. The highest BCUT2D eigenvalue weighted by Gasteiger charge is 2.26. The zero-order valence-electron chi connectivity index (χ0n) is 15.6. The number of amides is 2. The van der Waals surface area contributed by atoms with Crippen molar-refractivity contribution in [3.8, 4) is 11.5 Å². The van der Waals surface area contributed by atoms with Gasteiger partial charge in [0.25, 0.3) is 11.8 Å². The number of hydrogen-bond donors (Lipinski definition) is 1. The van der Waals surface area contributed by atoms with Crippen LogP contribution in [0.2, 0.25) is 0 Å². The third-order valence-corrected chi connectivity index (χ3v) is 4.58. The van der Waals surface area contributed by atoms with Gasteiger partial charge in [-0.15, -0.1) is 0 Å². The van der Waals surface area contributed by atoms with Crippen LogP contribution in [0.4, 0.5) is 0 Å². The Balaban J connectivity index is 1.56. The number of nitrogens with zero attached hydrogens (tertiary/aromatic N) is 1. The van der Waals surface area contributed by atoms with Gasteiger partial charge in [0.2, 0.25) is 0 Å². The molecule has 0 aliphatic carbocycles. The largest absolute Gasteiger partial charge is 0.493 e. The van der Waals surface area contributed by atoms with Crippen molar-refractivity contribution in [3.05, 3.63) is 47.9 Å². The molecule has 0 spiro atoms. The molecule has 1 aromatic carbocycles. The summed E-state index contributed by atoms with van der Waals surface area (Å²) in [5, 5.41) is 3.04. The molecule has 7 heteroatoms. The molecular weight excluding hydrogens is 348 g/mol. The van der Waals surface area contributed by atoms with Crippen LogP contribution < -0.4 is 14.8 Å². The molecule has 27 heavy (non-hydrogen) atoms. The van der Waals surface area contributed by atoms with Crippen LogP contribution in [0, 0.1) is 0 Å². The molecular formula is C20H24N2O5. The fourth-order valence-corrected chi connectivity index (χ4v) is 3.14. The molecule has 2 amide bonds. The van der Waals surface area contributed by atoms with E-state index in [1.165, 1.54) is 6.26 Å². The predicted molar refractivity (Wildman–Crippen MR) is 99.3 cm³/mol. The fraction of sp³-hybridized carbons (Fsp3) is 0.400. The Morgan fingerprint density at radius 1 is 1.22 bits per heavy atom. The van der Waals surface area contributed by atoms with E-state index in [2.05, 4.69) is 5.32 Å². The number of furan rings is 1. The minimum atomic E-state index is -0.160. The number of nitrogens with one attached hydrogen (secondary N) is 1. The highest BCUT2D eigenvalue weighted by Crippen LogP contribution is 2.28. The molecule has 2 aromatic rings. The summed E-state index contributed by atoms with van der Waals surface area (Å²) in [7, 11) is 1.55. The van der Waals surface area contributed by atoms with Gasteiger partial charge in [0.15, 0.2) is 17.3 Å². The monoisotopic (exact) mass is 372 g/mol. The van der Waals surface area contributed by atoms with Gasteiger partial charge >= 0.3 is 0 Å². The van der Waals surface area contributed by atoms with Crippen LogP contribution in [0.25, 0.3) is 0 Å². The summed E-state index contributed by atoms with van der Waals surface area (Å²) in [4.78, 5) is 26.6. The second-order valence-corrected chi connectivity index (χ2v) is 6.32. The number of carbonyl (C=O) groups excluding carboxylic acids is 2. The minimum Gasteiger partial charge on any atom is -0.493 e. The lowest BCUT2D eigenvalue weighted by atomic mass is 10.0. The van der Waals surface area contributed by atoms with Gasteiger partial charge in [-0.2, -0.15) is 0 Å². The second-order valence-electron chi connectivity index (χ2n) is 6.32. The van der Waals surface area contributed by atoms with Gasteiger partial charge in [-0.25, -0.2) is 0 Å². The summed E-state index contributed by atoms with van der Waals surface area (Å²) in [6.45, 7) is 3.58. The summed E-state index contributed by atoms with van der Waals surface area (Å²) in [5.74, 6) is 1.22.